The van der Waals surface area contributed by atoms with Crippen molar-refractivity contribution in [2.45, 2.75) is 0 Å². The van der Waals surface area contributed by atoms with E-state index in [-0.39, 0.29) is 0 Å². The van der Waals surface area contributed by atoms with Gasteiger partial charge in [-0.25, -0.2) is 0 Å². The number of benzene rings is 12. The molecule has 70 heavy (non-hydrogen) atoms. The van der Waals surface area contributed by atoms with Crippen molar-refractivity contribution in [1.82, 2.24) is 4.57 Å². The first-order valence-corrected chi connectivity index (χ1v) is 24.1. The predicted molar refractivity (Wildman–Crippen MR) is 298 cm³/mol. The SMILES string of the molecule is c1ccc(-c2cc(-c3ccccc3)cc(N(c3ccc(-c4ccc5c(ccc6ccccc65)c4)cc3)c3ccccc3-c3cccc(-c4cccc5c4c4ccccc4n5-c4ccccc4)c3)c2)cc1. The van der Waals surface area contributed by atoms with Crippen molar-refractivity contribution < 1.29 is 0 Å². The van der Waals surface area contributed by atoms with Crippen molar-refractivity contribution >= 4 is 60.4 Å². The normalized spacial score (nSPS) is 11.4. The Kier molecular flexibility index (Phi) is 10.2. The molecule has 2 nitrogen and oxygen atoms in total. The number of nitrogens with zero attached hydrogens (tertiary/aromatic N) is 2. The van der Waals surface area contributed by atoms with Gasteiger partial charge in [0.1, 0.15) is 0 Å². The Hall–Kier alpha value is -9.24. The van der Waals surface area contributed by atoms with E-state index in [4.69, 9.17) is 0 Å². The van der Waals surface area contributed by atoms with Crippen LogP contribution in [-0.2, 0) is 0 Å². The zero-order chi connectivity index (χ0) is 46.4. The molecule has 0 spiro atoms. The van der Waals surface area contributed by atoms with Crippen molar-refractivity contribution in [3.63, 3.8) is 0 Å². The second-order valence-corrected chi connectivity index (χ2v) is 18.1. The smallest absolute Gasteiger partial charge is 0.0547 e. The van der Waals surface area contributed by atoms with Crippen LogP contribution in [0.1, 0.15) is 0 Å². The maximum Gasteiger partial charge on any atom is 0.0547 e. The van der Waals surface area contributed by atoms with Crippen LogP contribution in [0.25, 0.3) is 105 Å². The fraction of sp³-hybridized carbons (Fsp3) is 0. The van der Waals surface area contributed by atoms with Crippen LogP contribution in [0.3, 0.4) is 0 Å². The van der Waals surface area contributed by atoms with Crippen LogP contribution in [0.2, 0.25) is 0 Å². The molecule has 0 unspecified atom stereocenters. The molecule has 1 aromatic heterocycles. The molecule has 0 fully saturated rings. The summed E-state index contributed by atoms with van der Waals surface area (Å²) < 4.78 is 2.39. The Bertz CT molecular complexity index is 3980. The second kappa shape index (κ2) is 17.4. The first-order valence-electron chi connectivity index (χ1n) is 24.1. The minimum Gasteiger partial charge on any atom is -0.310 e. The number of fused-ring (bicyclic) bond motifs is 6. The Labute approximate surface area is 408 Å². The summed E-state index contributed by atoms with van der Waals surface area (Å²) in [7, 11) is 0. The standard InChI is InChI=1S/C68H46N2/c1-4-18-47(19-5-1)55-44-56(48-20-6-2-7-21-48)46-59(45-55)69(58-39-36-49(37-40-58)51-38-41-61-54(42-51)35-34-50-22-10-11-27-60(50)61)65-31-14-12-28-62(65)52-23-16-24-53(43-52)63-30-17-33-67-68(63)64-29-13-15-32-66(64)70(67)57-25-8-3-9-26-57/h1-46H. The van der Waals surface area contributed by atoms with E-state index in [0.29, 0.717) is 0 Å². The molecule has 13 rings (SSSR count). The number of anilines is 3. The summed E-state index contributed by atoms with van der Waals surface area (Å²) in [6.07, 6.45) is 0. The molecule has 0 atom stereocenters. The Morgan fingerprint density at radius 3 is 1.53 bits per heavy atom. The predicted octanol–water partition coefficient (Wildman–Crippen LogP) is 18.9. The number of hydrogen-bond acceptors (Lipinski definition) is 1. The van der Waals surface area contributed by atoms with Gasteiger partial charge >= 0.3 is 0 Å². The van der Waals surface area contributed by atoms with Gasteiger partial charge in [-0.2, -0.15) is 0 Å². The molecule has 12 aromatic carbocycles. The molecule has 0 aliphatic rings. The maximum absolute atomic E-state index is 2.45. The van der Waals surface area contributed by atoms with Gasteiger partial charge in [0.05, 0.1) is 16.7 Å². The lowest BCUT2D eigenvalue weighted by Crippen LogP contribution is -2.11. The Morgan fingerprint density at radius 1 is 0.257 bits per heavy atom. The van der Waals surface area contributed by atoms with Crippen molar-refractivity contribution in [2.24, 2.45) is 0 Å². The average molecular weight is 891 g/mol. The first-order chi connectivity index (χ1) is 34.7. The van der Waals surface area contributed by atoms with Gasteiger partial charge in [0.2, 0.25) is 0 Å². The minimum atomic E-state index is 1.07. The summed E-state index contributed by atoms with van der Waals surface area (Å²) in [5.41, 5.74) is 18.5. The third kappa shape index (κ3) is 7.31. The van der Waals surface area contributed by atoms with Crippen LogP contribution in [-0.4, -0.2) is 4.57 Å². The summed E-state index contributed by atoms with van der Waals surface area (Å²) in [4.78, 5) is 2.45. The van der Waals surface area contributed by atoms with E-state index in [0.717, 1.165) is 45.0 Å². The van der Waals surface area contributed by atoms with Gasteiger partial charge in [-0.1, -0.05) is 206 Å². The summed E-state index contributed by atoms with van der Waals surface area (Å²) >= 11 is 0. The van der Waals surface area contributed by atoms with E-state index in [1.807, 2.05) is 0 Å². The monoisotopic (exact) mass is 890 g/mol. The third-order valence-electron chi connectivity index (χ3n) is 13.9. The molecule has 2 heteroatoms. The third-order valence-corrected chi connectivity index (χ3v) is 13.9. The molecule has 1 heterocycles. The summed E-state index contributed by atoms with van der Waals surface area (Å²) in [5, 5.41) is 7.54. The van der Waals surface area contributed by atoms with Gasteiger partial charge in [0.15, 0.2) is 0 Å². The van der Waals surface area contributed by atoms with Gasteiger partial charge in [0, 0.05) is 33.4 Å². The summed E-state index contributed by atoms with van der Waals surface area (Å²) in [6, 6.07) is 102. The second-order valence-electron chi connectivity index (χ2n) is 18.1. The fourth-order valence-electron chi connectivity index (χ4n) is 10.6. The van der Waals surface area contributed by atoms with E-state index < -0.39 is 0 Å². The largest absolute Gasteiger partial charge is 0.310 e. The van der Waals surface area contributed by atoms with Crippen LogP contribution >= 0.6 is 0 Å². The van der Waals surface area contributed by atoms with Crippen LogP contribution in [0.15, 0.2) is 279 Å². The molecule has 0 bridgehead atoms. The number of rotatable bonds is 9. The highest BCUT2D eigenvalue weighted by molar-refractivity contribution is 6.16. The van der Waals surface area contributed by atoms with Crippen LogP contribution in [0.5, 0.6) is 0 Å². The van der Waals surface area contributed by atoms with E-state index in [2.05, 4.69) is 289 Å². The van der Waals surface area contributed by atoms with Gasteiger partial charge in [0.25, 0.3) is 0 Å². The Balaban J connectivity index is 0.979. The van der Waals surface area contributed by atoms with Gasteiger partial charge < -0.3 is 9.47 Å². The molecule has 0 N–H and O–H groups in total. The molecule has 0 saturated heterocycles. The fourth-order valence-corrected chi connectivity index (χ4v) is 10.6. The van der Waals surface area contributed by atoms with E-state index in [1.165, 1.54) is 76.7 Å². The van der Waals surface area contributed by atoms with Gasteiger partial charge in [-0.15, -0.1) is 0 Å². The number of para-hydroxylation sites is 3. The highest BCUT2D eigenvalue weighted by Gasteiger charge is 2.21. The molecular formula is C68H46N2. The van der Waals surface area contributed by atoms with E-state index >= 15 is 0 Å². The number of aromatic nitrogens is 1. The molecule has 0 aliphatic heterocycles. The first kappa shape index (κ1) is 41.0. The number of hydrogen-bond donors (Lipinski definition) is 0. The Morgan fingerprint density at radius 2 is 0.771 bits per heavy atom. The lowest BCUT2D eigenvalue weighted by molar-refractivity contribution is 1.18. The topological polar surface area (TPSA) is 8.17 Å². The highest BCUT2D eigenvalue weighted by Crippen LogP contribution is 2.46. The maximum atomic E-state index is 2.45. The van der Waals surface area contributed by atoms with E-state index in [9.17, 15) is 0 Å². The van der Waals surface area contributed by atoms with Crippen molar-refractivity contribution in [1.29, 1.82) is 0 Å². The van der Waals surface area contributed by atoms with Crippen LogP contribution in [0.4, 0.5) is 17.1 Å². The van der Waals surface area contributed by atoms with Crippen LogP contribution in [0, 0.1) is 0 Å². The molecule has 0 saturated carbocycles. The molecule has 0 aliphatic carbocycles. The zero-order valence-corrected chi connectivity index (χ0v) is 38.5. The van der Waals surface area contributed by atoms with E-state index in [1.54, 1.807) is 0 Å². The van der Waals surface area contributed by atoms with Crippen molar-refractivity contribution in [2.75, 3.05) is 4.90 Å². The lowest BCUT2D eigenvalue weighted by Gasteiger charge is -2.29. The molecule has 328 valence electrons. The zero-order valence-electron chi connectivity index (χ0n) is 38.5. The van der Waals surface area contributed by atoms with Crippen LogP contribution < -0.4 is 4.90 Å². The minimum absolute atomic E-state index is 1.07. The summed E-state index contributed by atoms with van der Waals surface area (Å²) in [5.74, 6) is 0. The summed E-state index contributed by atoms with van der Waals surface area (Å²) in [6.45, 7) is 0. The molecule has 0 amide bonds. The lowest BCUT2D eigenvalue weighted by atomic mass is 9.94. The molecule has 0 radical (unpaired) electrons. The highest BCUT2D eigenvalue weighted by atomic mass is 15.1. The quantitative estimate of drug-likeness (QED) is 0.131. The van der Waals surface area contributed by atoms with Crippen molar-refractivity contribution in [3.05, 3.63) is 279 Å². The average Bonchev–Trinajstić information content (AvgIpc) is 3.79. The van der Waals surface area contributed by atoms with Gasteiger partial charge in [-0.3, -0.25) is 0 Å². The molecular weight excluding hydrogens is 845 g/mol. The van der Waals surface area contributed by atoms with Crippen molar-refractivity contribution in [3.8, 4) is 61.3 Å². The van der Waals surface area contributed by atoms with Gasteiger partial charge in [-0.05, 0) is 144 Å². The molecule has 13 aromatic rings.